The Balaban J connectivity index is 1.40. The minimum atomic E-state index is -0.510. The number of ether oxygens (including phenoxy) is 3. The summed E-state index contributed by atoms with van der Waals surface area (Å²) in [6, 6.07) is 8.43. The molecule has 1 fully saturated rings. The van der Waals surface area contributed by atoms with Crippen molar-refractivity contribution in [3.8, 4) is 10.4 Å². The molecule has 3 rings (SSSR count). The summed E-state index contributed by atoms with van der Waals surface area (Å²) in [6.45, 7) is 4.89. The summed E-state index contributed by atoms with van der Waals surface area (Å²) in [5, 5.41) is 0. The van der Waals surface area contributed by atoms with Crippen molar-refractivity contribution in [2.24, 2.45) is 5.73 Å². The lowest BCUT2D eigenvalue weighted by Crippen LogP contribution is -2.42. The van der Waals surface area contributed by atoms with Gasteiger partial charge in [-0.1, -0.05) is 24.3 Å². The first-order chi connectivity index (χ1) is 16.1. The fraction of sp³-hybridized carbons (Fsp3) is 0.542. The smallest absolute Gasteiger partial charge is 0.292 e. The molecule has 2 heterocycles. The number of carbonyl (C=O) groups is 2. The molecule has 0 radical (unpaired) electrons. The van der Waals surface area contributed by atoms with Gasteiger partial charge in [-0.25, -0.2) is 4.98 Å². The molecule has 1 aromatic heterocycles. The minimum absolute atomic E-state index is 0.0364. The third-order valence-corrected chi connectivity index (χ3v) is 6.53. The molecule has 180 valence electrons. The highest BCUT2D eigenvalue weighted by Crippen LogP contribution is 2.28. The number of nitrogens with zero attached hydrogens (tertiary/aromatic N) is 2. The van der Waals surface area contributed by atoms with E-state index in [0.29, 0.717) is 39.5 Å². The van der Waals surface area contributed by atoms with E-state index in [4.69, 9.17) is 19.9 Å². The van der Waals surface area contributed by atoms with E-state index in [2.05, 4.69) is 29.2 Å². The lowest BCUT2D eigenvalue weighted by molar-refractivity contribution is -0.147. The van der Waals surface area contributed by atoms with Gasteiger partial charge < -0.3 is 24.8 Å². The Kier molecular flexibility index (Phi) is 10.4. The maximum atomic E-state index is 12.7. The zero-order chi connectivity index (χ0) is 23.5. The second kappa shape index (κ2) is 13.5. The molecule has 2 N–H and O–H groups in total. The van der Waals surface area contributed by atoms with Crippen LogP contribution in [0.4, 0.5) is 0 Å². The van der Waals surface area contributed by atoms with Gasteiger partial charge in [0.1, 0.15) is 6.61 Å². The molecule has 0 bridgehead atoms. The van der Waals surface area contributed by atoms with Crippen molar-refractivity contribution < 1.29 is 23.8 Å². The van der Waals surface area contributed by atoms with Crippen molar-refractivity contribution in [2.45, 2.75) is 32.2 Å². The Bertz CT molecular complexity index is 886. The highest BCUT2D eigenvalue weighted by molar-refractivity contribution is 7.13. The Morgan fingerprint density at radius 2 is 1.79 bits per heavy atom. The topological polar surface area (TPSA) is 104 Å². The van der Waals surface area contributed by atoms with Crippen molar-refractivity contribution in [1.29, 1.82) is 0 Å². The molecule has 8 nitrogen and oxygen atoms in total. The number of likely N-dealkylation sites (tertiary alicyclic amines) is 1. The van der Waals surface area contributed by atoms with Gasteiger partial charge in [-0.05, 0) is 37.3 Å². The molecule has 1 atom stereocenters. The van der Waals surface area contributed by atoms with Crippen LogP contribution >= 0.6 is 11.3 Å². The summed E-state index contributed by atoms with van der Waals surface area (Å²) in [6.07, 6.45) is 2.54. The third-order valence-electron chi connectivity index (χ3n) is 5.55. The number of ketones is 1. The molecule has 9 heteroatoms. The van der Waals surface area contributed by atoms with Crippen LogP contribution in [-0.2, 0) is 30.2 Å². The molecular formula is C24H33N3O5S. The molecule has 1 aromatic carbocycles. The Labute approximate surface area is 199 Å². The first-order valence-corrected chi connectivity index (χ1v) is 12.2. The zero-order valence-corrected chi connectivity index (χ0v) is 20.0. The second-order valence-corrected chi connectivity index (χ2v) is 8.81. The van der Waals surface area contributed by atoms with Gasteiger partial charge in [-0.15, -0.1) is 11.3 Å². The highest BCUT2D eigenvalue weighted by Gasteiger charge is 2.32. The number of hydrogen-bond acceptors (Lipinski definition) is 8. The van der Waals surface area contributed by atoms with Crippen LogP contribution in [0.2, 0.25) is 0 Å². The molecule has 1 amide bonds. The van der Waals surface area contributed by atoms with Crippen LogP contribution in [0.1, 0.15) is 24.1 Å². The van der Waals surface area contributed by atoms with Gasteiger partial charge in [0.25, 0.3) is 5.91 Å². The third kappa shape index (κ3) is 7.68. The van der Waals surface area contributed by atoms with Crippen LogP contribution in [0.15, 0.2) is 29.8 Å². The molecule has 1 saturated heterocycles. The summed E-state index contributed by atoms with van der Waals surface area (Å²) in [4.78, 5) is 32.2. The molecule has 2 aromatic rings. The number of carbonyl (C=O) groups excluding carboxylic acids is 2. The summed E-state index contributed by atoms with van der Waals surface area (Å²) < 4.78 is 15.9. The van der Waals surface area contributed by atoms with E-state index in [0.717, 1.165) is 36.1 Å². The van der Waals surface area contributed by atoms with Crippen molar-refractivity contribution in [1.82, 2.24) is 9.88 Å². The number of Topliss-reactive ketones (excluding diaryl/α,β-unsaturated/α-hetero) is 1. The quantitative estimate of drug-likeness (QED) is 0.330. The molecule has 0 saturated carbocycles. The van der Waals surface area contributed by atoms with Gasteiger partial charge in [-0.3, -0.25) is 9.59 Å². The van der Waals surface area contributed by atoms with Crippen LogP contribution in [-0.4, -0.2) is 80.3 Å². The normalized spacial score (nSPS) is 15.8. The standard InChI is InChI=1S/C24H33N3O5S/c1-18-23(33-17-26-18)20-6-4-19(5-7-20)15-21-3-2-9-27(21)24(29)22(28)16-32-14-13-31-12-11-30-10-8-25/h4-7,17,21H,2-3,8-16,25H2,1H3. The summed E-state index contributed by atoms with van der Waals surface area (Å²) in [5.74, 6) is -0.963. The number of hydrogen-bond donors (Lipinski definition) is 1. The molecule has 1 aliphatic rings. The van der Waals surface area contributed by atoms with Crippen molar-refractivity contribution >= 4 is 23.0 Å². The van der Waals surface area contributed by atoms with Crippen molar-refractivity contribution in [3.05, 3.63) is 41.0 Å². The van der Waals surface area contributed by atoms with E-state index in [1.54, 1.807) is 16.2 Å². The van der Waals surface area contributed by atoms with Crippen LogP contribution in [0, 0.1) is 6.92 Å². The Hall–Kier alpha value is -2.17. The van der Waals surface area contributed by atoms with E-state index in [1.807, 2.05) is 12.4 Å². The number of rotatable bonds is 14. The van der Waals surface area contributed by atoms with Crippen molar-refractivity contribution in [2.75, 3.05) is 52.7 Å². The molecule has 0 spiro atoms. The minimum Gasteiger partial charge on any atom is -0.378 e. The Morgan fingerprint density at radius 3 is 2.45 bits per heavy atom. The monoisotopic (exact) mass is 475 g/mol. The molecular weight excluding hydrogens is 442 g/mol. The SMILES string of the molecule is Cc1ncsc1-c1ccc(CC2CCCN2C(=O)C(=O)COCCOCCOCCN)cc1. The van der Waals surface area contributed by atoms with Gasteiger partial charge in [0, 0.05) is 19.1 Å². The summed E-state index contributed by atoms with van der Waals surface area (Å²) in [5.41, 5.74) is 10.5. The van der Waals surface area contributed by atoms with Gasteiger partial charge in [0.15, 0.2) is 0 Å². The summed E-state index contributed by atoms with van der Waals surface area (Å²) in [7, 11) is 0. The first kappa shape index (κ1) is 25.5. The number of nitrogens with two attached hydrogens (primary N) is 1. The fourth-order valence-corrected chi connectivity index (χ4v) is 4.68. The largest absolute Gasteiger partial charge is 0.378 e. The maximum absolute atomic E-state index is 12.7. The van der Waals surface area contributed by atoms with Gasteiger partial charge in [0.2, 0.25) is 5.78 Å². The van der Waals surface area contributed by atoms with Crippen LogP contribution in [0.25, 0.3) is 10.4 Å². The Morgan fingerprint density at radius 1 is 1.09 bits per heavy atom. The van der Waals surface area contributed by atoms with Gasteiger partial charge >= 0.3 is 0 Å². The van der Waals surface area contributed by atoms with Crippen molar-refractivity contribution in [3.63, 3.8) is 0 Å². The van der Waals surface area contributed by atoms with Crippen LogP contribution in [0.3, 0.4) is 0 Å². The lowest BCUT2D eigenvalue weighted by atomic mass is 10.0. The van der Waals surface area contributed by atoms with Crippen LogP contribution in [0.5, 0.6) is 0 Å². The van der Waals surface area contributed by atoms with E-state index in [-0.39, 0.29) is 19.3 Å². The average molecular weight is 476 g/mol. The van der Waals surface area contributed by atoms with E-state index in [9.17, 15) is 9.59 Å². The number of amides is 1. The molecule has 33 heavy (non-hydrogen) atoms. The predicted octanol–water partition coefficient (Wildman–Crippen LogP) is 2.23. The van der Waals surface area contributed by atoms with Crippen LogP contribution < -0.4 is 5.73 Å². The van der Waals surface area contributed by atoms with E-state index < -0.39 is 11.7 Å². The summed E-state index contributed by atoms with van der Waals surface area (Å²) >= 11 is 1.63. The predicted molar refractivity (Wildman–Crippen MR) is 127 cm³/mol. The van der Waals surface area contributed by atoms with E-state index in [1.165, 1.54) is 4.88 Å². The maximum Gasteiger partial charge on any atom is 0.292 e. The lowest BCUT2D eigenvalue weighted by Gasteiger charge is -2.24. The average Bonchev–Trinajstić information content (AvgIpc) is 3.46. The second-order valence-electron chi connectivity index (χ2n) is 7.95. The van der Waals surface area contributed by atoms with E-state index >= 15 is 0 Å². The number of thiazole rings is 1. The molecule has 0 aliphatic carbocycles. The first-order valence-electron chi connectivity index (χ1n) is 11.4. The molecule has 1 aliphatic heterocycles. The number of benzene rings is 1. The van der Waals surface area contributed by atoms with Gasteiger partial charge in [-0.2, -0.15) is 0 Å². The van der Waals surface area contributed by atoms with Gasteiger partial charge in [0.05, 0.1) is 49.1 Å². The molecule has 1 unspecified atom stereocenters. The number of aryl methyl sites for hydroxylation is 1. The fourth-order valence-electron chi connectivity index (χ4n) is 3.87. The zero-order valence-electron chi connectivity index (χ0n) is 19.2. The highest BCUT2D eigenvalue weighted by atomic mass is 32.1. The number of aromatic nitrogens is 1.